The normalized spacial score (nSPS) is 14.3. The van der Waals surface area contributed by atoms with Crippen LogP contribution in [0.1, 0.15) is 37.0 Å². The van der Waals surface area contributed by atoms with E-state index in [0.29, 0.717) is 11.5 Å². The molecule has 1 aliphatic rings. The lowest BCUT2D eigenvalue weighted by molar-refractivity contribution is 0.102. The third kappa shape index (κ3) is 3.68. The molecule has 1 amide bonds. The number of nitrogens with zero attached hydrogens (tertiary/aromatic N) is 3. The van der Waals surface area contributed by atoms with Gasteiger partial charge < -0.3 is 14.8 Å². The molecule has 0 atom stereocenters. The van der Waals surface area contributed by atoms with Crippen LogP contribution in [0.4, 0.5) is 11.5 Å². The Morgan fingerprint density at radius 2 is 2.00 bits per heavy atom. The molecule has 0 spiro atoms. The predicted octanol–water partition coefficient (Wildman–Crippen LogP) is 4.54. The monoisotopic (exact) mass is 362 g/mol. The Kier molecular flexibility index (Phi) is 4.84. The number of carbonyl (C=O) groups is 1. The highest BCUT2D eigenvalue weighted by molar-refractivity contribution is 6.08. The van der Waals surface area contributed by atoms with Crippen LogP contribution in [0.3, 0.4) is 0 Å². The van der Waals surface area contributed by atoms with Gasteiger partial charge in [0.15, 0.2) is 0 Å². The van der Waals surface area contributed by atoms with Crippen molar-refractivity contribution in [1.82, 2.24) is 9.55 Å². The van der Waals surface area contributed by atoms with Crippen molar-refractivity contribution in [3.05, 3.63) is 54.4 Å². The van der Waals surface area contributed by atoms with Gasteiger partial charge in [-0.05, 0) is 55.2 Å². The van der Waals surface area contributed by atoms with Crippen LogP contribution >= 0.6 is 0 Å². The van der Waals surface area contributed by atoms with Gasteiger partial charge >= 0.3 is 0 Å². The number of hydrogen-bond donors (Lipinski definition) is 1. The number of anilines is 2. The summed E-state index contributed by atoms with van der Waals surface area (Å²) in [5, 5.41) is 4.19. The molecule has 3 heterocycles. The fraction of sp³-hybridized carbons (Fsp3) is 0.364. The highest BCUT2D eigenvalue weighted by atomic mass is 16.1. The van der Waals surface area contributed by atoms with E-state index in [1.54, 1.807) is 6.20 Å². The smallest absolute Gasteiger partial charge is 0.259 e. The van der Waals surface area contributed by atoms with Crippen molar-refractivity contribution in [1.29, 1.82) is 0 Å². The maximum Gasteiger partial charge on any atom is 0.259 e. The van der Waals surface area contributed by atoms with Gasteiger partial charge in [0.05, 0.1) is 5.56 Å². The van der Waals surface area contributed by atoms with Crippen molar-refractivity contribution < 1.29 is 4.79 Å². The molecular weight excluding hydrogens is 336 g/mol. The van der Waals surface area contributed by atoms with Crippen molar-refractivity contribution in [3.8, 4) is 0 Å². The van der Waals surface area contributed by atoms with Gasteiger partial charge in [-0.3, -0.25) is 4.79 Å². The number of rotatable bonds is 5. The molecule has 4 rings (SSSR count). The number of hydrogen-bond acceptors (Lipinski definition) is 3. The minimum absolute atomic E-state index is 0.106. The fourth-order valence-corrected chi connectivity index (χ4v) is 3.78. The van der Waals surface area contributed by atoms with Crippen molar-refractivity contribution in [2.75, 3.05) is 23.3 Å². The Morgan fingerprint density at radius 1 is 1.19 bits per heavy atom. The second kappa shape index (κ2) is 7.43. The number of amides is 1. The van der Waals surface area contributed by atoms with Crippen molar-refractivity contribution in [3.63, 3.8) is 0 Å². The van der Waals surface area contributed by atoms with E-state index in [1.165, 1.54) is 5.52 Å². The third-order valence-corrected chi connectivity index (χ3v) is 5.03. The standard InChI is InChI=1S/C22H26N4O/c1-16(2)15-26-13-9-17-14-18(7-8-20(17)26)24-22(27)19-6-5-10-23-21(19)25-11-3-4-12-25/h5-10,13-14,16H,3-4,11-12,15H2,1-2H3,(H,24,27). The second-order valence-electron chi connectivity index (χ2n) is 7.66. The molecule has 1 fully saturated rings. The van der Waals surface area contributed by atoms with E-state index < -0.39 is 0 Å². The molecule has 0 aliphatic carbocycles. The fourth-order valence-electron chi connectivity index (χ4n) is 3.78. The summed E-state index contributed by atoms with van der Waals surface area (Å²) in [6, 6.07) is 11.9. The van der Waals surface area contributed by atoms with Gasteiger partial charge in [0, 0.05) is 48.6 Å². The Hall–Kier alpha value is -2.82. The van der Waals surface area contributed by atoms with Crippen LogP contribution in [0.15, 0.2) is 48.8 Å². The number of carbonyl (C=O) groups excluding carboxylic acids is 1. The first kappa shape index (κ1) is 17.6. The lowest BCUT2D eigenvalue weighted by Gasteiger charge is -2.19. The van der Waals surface area contributed by atoms with E-state index >= 15 is 0 Å². The van der Waals surface area contributed by atoms with Gasteiger partial charge in [-0.1, -0.05) is 13.8 Å². The lowest BCUT2D eigenvalue weighted by Crippen LogP contribution is -2.24. The van der Waals surface area contributed by atoms with E-state index in [9.17, 15) is 4.79 Å². The molecule has 1 aliphatic heterocycles. The molecule has 1 aromatic carbocycles. The molecule has 0 radical (unpaired) electrons. The molecule has 0 bridgehead atoms. The van der Waals surface area contributed by atoms with E-state index in [2.05, 4.69) is 51.9 Å². The molecular formula is C22H26N4O. The third-order valence-electron chi connectivity index (χ3n) is 5.03. The topological polar surface area (TPSA) is 50.2 Å². The Labute approximate surface area is 160 Å². The molecule has 0 saturated carbocycles. The maximum absolute atomic E-state index is 12.9. The first-order chi connectivity index (χ1) is 13.1. The van der Waals surface area contributed by atoms with E-state index in [0.717, 1.165) is 49.4 Å². The van der Waals surface area contributed by atoms with E-state index in [-0.39, 0.29) is 5.91 Å². The molecule has 5 nitrogen and oxygen atoms in total. The Morgan fingerprint density at radius 3 is 2.78 bits per heavy atom. The molecule has 2 aromatic heterocycles. The summed E-state index contributed by atoms with van der Waals surface area (Å²) in [6.07, 6.45) is 6.18. The number of aromatic nitrogens is 2. The average molecular weight is 362 g/mol. The minimum Gasteiger partial charge on any atom is -0.356 e. The van der Waals surface area contributed by atoms with Crippen molar-refractivity contribution in [2.24, 2.45) is 5.92 Å². The first-order valence-electron chi connectivity index (χ1n) is 9.72. The number of benzene rings is 1. The minimum atomic E-state index is -0.106. The van der Waals surface area contributed by atoms with E-state index in [1.807, 2.05) is 24.3 Å². The average Bonchev–Trinajstić information content (AvgIpc) is 3.32. The van der Waals surface area contributed by atoms with Crippen LogP contribution < -0.4 is 10.2 Å². The Balaban J connectivity index is 1.56. The molecule has 3 aromatic rings. The molecule has 27 heavy (non-hydrogen) atoms. The van der Waals surface area contributed by atoms with Gasteiger partial charge in [0.2, 0.25) is 0 Å². The Bertz CT molecular complexity index is 954. The predicted molar refractivity (Wildman–Crippen MR) is 110 cm³/mol. The second-order valence-corrected chi connectivity index (χ2v) is 7.66. The van der Waals surface area contributed by atoms with Gasteiger partial charge in [-0.15, -0.1) is 0 Å². The SMILES string of the molecule is CC(C)Cn1ccc2cc(NC(=O)c3cccnc3N3CCCC3)ccc21. The molecule has 1 N–H and O–H groups in total. The molecule has 0 unspecified atom stereocenters. The summed E-state index contributed by atoms with van der Waals surface area (Å²) in [6.45, 7) is 7.35. The van der Waals surface area contributed by atoms with Gasteiger partial charge in [-0.2, -0.15) is 0 Å². The van der Waals surface area contributed by atoms with Crippen LogP contribution in [0.2, 0.25) is 0 Å². The number of nitrogens with one attached hydrogen (secondary N) is 1. The van der Waals surface area contributed by atoms with Crippen LogP contribution in [-0.2, 0) is 6.54 Å². The van der Waals surface area contributed by atoms with Crippen LogP contribution in [0, 0.1) is 5.92 Å². The number of fused-ring (bicyclic) bond motifs is 1. The summed E-state index contributed by atoms with van der Waals surface area (Å²) in [5.41, 5.74) is 2.64. The van der Waals surface area contributed by atoms with Crippen molar-refractivity contribution in [2.45, 2.75) is 33.2 Å². The highest BCUT2D eigenvalue weighted by Gasteiger charge is 2.20. The lowest BCUT2D eigenvalue weighted by atomic mass is 10.2. The zero-order chi connectivity index (χ0) is 18.8. The summed E-state index contributed by atoms with van der Waals surface area (Å²) < 4.78 is 2.26. The molecule has 5 heteroatoms. The summed E-state index contributed by atoms with van der Waals surface area (Å²) in [7, 11) is 0. The quantitative estimate of drug-likeness (QED) is 0.725. The molecule has 1 saturated heterocycles. The summed E-state index contributed by atoms with van der Waals surface area (Å²) >= 11 is 0. The van der Waals surface area contributed by atoms with Crippen LogP contribution in [0.25, 0.3) is 10.9 Å². The van der Waals surface area contributed by atoms with Crippen molar-refractivity contribution >= 4 is 28.3 Å². The first-order valence-corrected chi connectivity index (χ1v) is 9.72. The summed E-state index contributed by atoms with van der Waals surface area (Å²) in [4.78, 5) is 19.6. The van der Waals surface area contributed by atoms with E-state index in [4.69, 9.17) is 0 Å². The van der Waals surface area contributed by atoms with Gasteiger partial charge in [0.25, 0.3) is 5.91 Å². The van der Waals surface area contributed by atoms with Gasteiger partial charge in [-0.25, -0.2) is 4.98 Å². The molecule has 140 valence electrons. The summed E-state index contributed by atoms with van der Waals surface area (Å²) in [5.74, 6) is 1.28. The maximum atomic E-state index is 12.9. The highest BCUT2D eigenvalue weighted by Crippen LogP contribution is 2.25. The van der Waals surface area contributed by atoms with Gasteiger partial charge in [0.1, 0.15) is 5.82 Å². The zero-order valence-electron chi connectivity index (χ0n) is 16.0. The van der Waals surface area contributed by atoms with Crippen LogP contribution in [0.5, 0.6) is 0 Å². The zero-order valence-corrected chi connectivity index (χ0v) is 16.0. The largest absolute Gasteiger partial charge is 0.356 e. The number of pyridine rings is 1. The van der Waals surface area contributed by atoms with Crippen LogP contribution in [-0.4, -0.2) is 28.5 Å².